The first-order valence-corrected chi connectivity index (χ1v) is 6.03. The van der Waals surface area contributed by atoms with Gasteiger partial charge in [0.15, 0.2) is 0 Å². The van der Waals surface area contributed by atoms with Gasteiger partial charge in [-0.3, -0.25) is 0 Å². The Morgan fingerprint density at radius 2 is 1.89 bits per heavy atom. The van der Waals surface area contributed by atoms with Gasteiger partial charge in [-0.2, -0.15) is 4.98 Å². The van der Waals surface area contributed by atoms with Gasteiger partial charge in [-0.05, 0) is 24.5 Å². The van der Waals surface area contributed by atoms with Crippen molar-refractivity contribution in [1.29, 1.82) is 0 Å². The first-order chi connectivity index (χ1) is 8.56. The first kappa shape index (κ1) is 12.4. The van der Waals surface area contributed by atoms with E-state index in [-0.39, 0.29) is 0 Å². The molecule has 0 amide bonds. The second kappa shape index (κ2) is 5.04. The summed E-state index contributed by atoms with van der Waals surface area (Å²) in [6.07, 6.45) is 0. The van der Waals surface area contributed by atoms with E-state index in [4.69, 9.17) is 5.73 Å². The lowest BCUT2D eigenvalue weighted by atomic mass is 10.0. The van der Waals surface area contributed by atoms with Crippen molar-refractivity contribution in [3.8, 4) is 0 Å². The van der Waals surface area contributed by atoms with Crippen molar-refractivity contribution >= 4 is 17.5 Å². The van der Waals surface area contributed by atoms with E-state index in [0.717, 1.165) is 17.2 Å². The van der Waals surface area contributed by atoms with Crippen LogP contribution in [0, 0.1) is 6.92 Å². The van der Waals surface area contributed by atoms with Crippen LogP contribution in [0.5, 0.6) is 0 Å². The number of aromatic nitrogens is 2. The molecule has 0 radical (unpaired) electrons. The van der Waals surface area contributed by atoms with Crippen molar-refractivity contribution < 1.29 is 0 Å². The van der Waals surface area contributed by atoms with Crippen LogP contribution in [0.2, 0.25) is 0 Å². The maximum absolute atomic E-state index is 5.65. The smallest absolute Gasteiger partial charge is 0.222 e. The van der Waals surface area contributed by atoms with Crippen LogP contribution in [-0.2, 0) is 0 Å². The van der Waals surface area contributed by atoms with Gasteiger partial charge < -0.3 is 11.1 Å². The minimum Gasteiger partial charge on any atom is -0.368 e. The zero-order valence-corrected chi connectivity index (χ0v) is 10.9. The molecular formula is C14H18N4. The van der Waals surface area contributed by atoms with Crippen LogP contribution < -0.4 is 11.1 Å². The molecule has 3 N–H and O–H groups in total. The highest BCUT2D eigenvalue weighted by molar-refractivity contribution is 5.62. The maximum atomic E-state index is 5.65. The molecule has 2 rings (SSSR count). The summed E-state index contributed by atoms with van der Waals surface area (Å²) in [5.74, 6) is 1.47. The normalized spacial score (nSPS) is 10.7. The van der Waals surface area contributed by atoms with Crippen LogP contribution in [0.15, 0.2) is 30.3 Å². The Labute approximate surface area is 107 Å². The van der Waals surface area contributed by atoms with Crippen molar-refractivity contribution in [3.05, 3.63) is 41.6 Å². The lowest BCUT2D eigenvalue weighted by Gasteiger charge is -2.14. The van der Waals surface area contributed by atoms with Crippen LogP contribution in [-0.4, -0.2) is 9.97 Å². The van der Waals surface area contributed by atoms with E-state index in [1.54, 1.807) is 0 Å². The summed E-state index contributed by atoms with van der Waals surface area (Å²) in [7, 11) is 0. The Morgan fingerprint density at radius 3 is 2.56 bits per heavy atom. The molecule has 0 aliphatic heterocycles. The van der Waals surface area contributed by atoms with Crippen molar-refractivity contribution in [1.82, 2.24) is 9.97 Å². The van der Waals surface area contributed by atoms with Crippen LogP contribution in [0.4, 0.5) is 17.5 Å². The van der Waals surface area contributed by atoms with Crippen molar-refractivity contribution in [2.75, 3.05) is 11.1 Å². The third-order valence-electron chi connectivity index (χ3n) is 2.72. The van der Waals surface area contributed by atoms with E-state index in [1.807, 2.05) is 31.2 Å². The zero-order chi connectivity index (χ0) is 13.1. The van der Waals surface area contributed by atoms with Gasteiger partial charge >= 0.3 is 0 Å². The molecule has 0 saturated carbocycles. The summed E-state index contributed by atoms with van der Waals surface area (Å²) in [5, 5.41) is 3.30. The van der Waals surface area contributed by atoms with Crippen LogP contribution in [0.25, 0.3) is 0 Å². The molecule has 4 nitrogen and oxygen atoms in total. The minimum atomic E-state index is 0.291. The second-order valence-corrected chi connectivity index (χ2v) is 4.62. The lowest BCUT2D eigenvalue weighted by molar-refractivity contribution is 0.869. The molecule has 1 aromatic carbocycles. The molecule has 94 valence electrons. The summed E-state index contributed by atoms with van der Waals surface area (Å²) >= 11 is 0. The molecule has 0 aliphatic carbocycles. The third-order valence-corrected chi connectivity index (χ3v) is 2.72. The van der Waals surface area contributed by atoms with E-state index >= 15 is 0 Å². The van der Waals surface area contributed by atoms with Gasteiger partial charge in [-0.15, -0.1) is 0 Å². The number of hydrogen-bond acceptors (Lipinski definition) is 4. The Balaban J connectivity index is 2.34. The quantitative estimate of drug-likeness (QED) is 0.867. The van der Waals surface area contributed by atoms with Crippen molar-refractivity contribution in [2.24, 2.45) is 0 Å². The topological polar surface area (TPSA) is 63.8 Å². The molecule has 1 aromatic heterocycles. The number of benzene rings is 1. The fraction of sp³-hybridized carbons (Fsp3) is 0.286. The average molecular weight is 242 g/mol. The van der Waals surface area contributed by atoms with E-state index < -0.39 is 0 Å². The SMILES string of the molecule is Cc1cc(Nc2ccccc2C(C)C)nc(N)n1. The molecule has 0 fully saturated rings. The summed E-state index contributed by atoms with van der Waals surface area (Å²) in [6, 6.07) is 10.1. The number of anilines is 3. The summed E-state index contributed by atoms with van der Waals surface area (Å²) in [5.41, 5.74) is 8.82. The number of nitrogens with two attached hydrogens (primary N) is 1. The summed E-state index contributed by atoms with van der Waals surface area (Å²) < 4.78 is 0. The standard InChI is InChI=1S/C14H18N4/c1-9(2)11-6-4-5-7-12(11)17-13-8-10(3)16-14(15)18-13/h4-9H,1-3H3,(H3,15,16,17,18). The number of nitrogens with zero attached hydrogens (tertiary/aromatic N) is 2. The number of rotatable bonds is 3. The Bertz CT molecular complexity index is 529. The third kappa shape index (κ3) is 2.77. The van der Waals surface area contributed by atoms with E-state index in [9.17, 15) is 0 Å². The zero-order valence-electron chi connectivity index (χ0n) is 10.9. The molecule has 0 unspecified atom stereocenters. The molecule has 0 atom stereocenters. The van der Waals surface area contributed by atoms with E-state index in [1.165, 1.54) is 5.56 Å². The van der Waals surface area contributed by atoms with Gasteiger partial charge in [0.05, 0.1) is 0 Å². The van der Waals surface area contributed by atoms with Gasteiger partial charge in [0, 0.05) is 17.4 Å². The monoisotopic (exact) mass is 242 g/mol. The molecule has 1 heterocycles. The largest absolute Gasteiger partial charge is 0.368 e. The molecular weight excluding hydrogens is 224 g/mol. The second-order valence-electron chi connectivity index (χ2n) is 4.62. The molecule has 0 aliphatic rings. The van der Waals surface area contributed by atoms with Gasteiger partial charge in [0.1, 0.15) is 5.82 Å². The average Bonchev–Trinajstić information content (AvgIpc) is 2.27. The number of nitrogen functional groups attached to an aromatic ring is 1. The summed E-state index contributed by atoms with van der Waals surface area (Å²) in [6.45, 7) is 6.23. The van der Waals surface area contributed by atoms with Gasteiger partial charge in [0.2, 0.25) is 5.95 Å². The molecule has 2 aromatic rings. The Hall–Kier alpha value is -2.10. The maximum Gasteiger partial charge on any atom is 0.222 e. The van der Waals surface area contributed by atoms with Crippen LogP contribution in [0.3, 0.4) is 0 Å². The molecule has 0 bridgehead atoms. The Kier molecular flexibility index (Phi) is 3.46. The lowest BCUT2D eigenvalue weighted by Crippen LogP contribution is -2.03. The predicted octanol–water partition coefficient (Wildman–Crippen LogP) is 3.23. The van der Waals surface area contributed by atoms with Gasteiger partial charge in [-0.1, -0.05) is 32.0 Å². The first-order valence-electron chi connectivity index (χ1n) is 6.03. The molecule has 4 heteroatoms. The molecule has 18 heavy (non-hydrogen) atoms. The number of hydrogen-bond donors (Lipinski definition) is 2. The van der Waals surface area contributed by atoms with Gasteiger partial charge in [-0.25, -0.2) is 4.98 Å². The minimum absolute atomic E-state index is 0.291. The summed E-state index contributed by atoms with van der Waals surface area (Å²) in [4.78, 5) is 8.25. The number of para-hydroxylation sites is 1. The van der Waals surface area contributed by atoms with Crippen molar-refractivity contribution in [3.63, 3.8) is 0 Å². The highest BCUT2D eigenvalue weighted by atomic mass is 15.1. The Morgan fingerprint density at radius 1 is 1.17 bits per heavy atom. The van der Waals surface area contributed by atoms with Crippen molar-refractivity contribution in [2.45, 2.75) is 26.7 Å². The fourth-order valence-electron chi connectivity index (χ4n) is 1.91. The number of nitrogens with one attached hydrogen (secondary N) is 1. The van der Waals surface area contributed by atoms with Crippen LogP contribution >= 0.6 is 0 Å². The molecule has 0 saturated heterocycles. The molecule has 0 spiro atoms. The highest BCUT2D eigenvalue weighted by Crippen LogP contribution is 2.26. The number of aryl methyl sites for hydroxylation is 1. The fourth-order valence-corrected chi connectivity index (χ4v) is 1.91. The van der Waals surface area contributed by atoms with Gasteiger partial charge in [0.25, 0.3) is 0 Å². The van der Waals surface area contributed by atoms with E-state index in [0.29, 0.717) is 11.9 Å². The highest BCUT2D eigenvalue weighted by Gasteiger charge is 2.07. The van der Waals surface area contributed by atoms with Crippen LogP contribution in [0.1, 0.15) is 31.0 Å². The predicted molar refractivity (Wildman–Crippen MR) is 75.0 cm³/mol. The van der Waals surface area contributed by atoms with E-state index in [2.05, 4.69) is 35.2 Å².